The molecular weight excluding hydrogens is 319 g/mol. The number of piperazine rings is 1. The largest absolute Gasteiger partial charge is 0.314 e. The molecule has 1 aliphatic heterocycles. The van der Waals surface area contributed by atoms with E-state index in [0.29, 0.717) is 12.0 Å². The lowest BCUT2D eigenvalue weighted by Crippen LogP contribution is -2.45. The maximum atomic E-state index is 13.3. The standard InChI is InChI=1S/C16H24BrFN2/c1-12(2)3-6-16(20-9-7-19-8-10-20)14-5-4-13(18)11-15(14)17/h4-5,11-12,16,19H,3,6-10H2,1-2H3/t16-/m1/s1. The molecule has 1 aliphatic rings. The molecule has 2 nitrogen and oxygen atoms in total. The van der Waals surface area contributed by atoms with E-state index >= 15 is 0 Å². The summed E-state index contributed by atoms with van der Waals surface area (Å²) in [7, 11) is 0. The summed E-state index contributed by atoms with van der Waals surface area (Å²) in [5, 5.41) is 3.40. The lowest BCUT2D eigenvalue weighted by molar-refractivity contribution is 0.159. The van der Waals surface area contributed by atoms with E-state index < -0.39 is 0 Å². The van der Waals surface area contributed by atoms with Crippen LogP contribution in [0.5, 0.6) is 0 Å². The zero-order chi connectivity index (χ0) is 14.5. The fraction of sp³-hybridized carbons (Fsp3) is 0.625. The summed E-state index contributed by atoms with van der Waals surface area (Å²) in [4.78, 5) is 2.52. The minimum absolute atomic E-state index is 0.177. The number of rotatable bonds is 5. The first-order valence-corrected chi connectivity index (χ1v) is 8.27. The van der Waals surface area contributed by atoms with E-state index in [1.807, 2.05) is 6.07 Å². The molecule has 1 N–H and O–H groups in total. The van der Waals surface area contributed by atoms with Crippen LogP contribution in [0.1, 0.15) is 38.3 Å². The van der Waals surface area contributed by atoms with Crippen LogP contribution in [0.25, 0.3) is 0 Å². The minimum Gasteiger partial charge on any atom is -0.314 e. The van der Waals surface area contributed by atoms with Crippen LogP contribution in [0.2, 0.25) is 0 Å². The molecule has 1 saturated heterocycles. The number of benzene rings is 1. The molecular formula is C16H24BrFN2. The van der Waals surface area contributed by atoms with E-state index in [1.54, 1.807) is 12.1 Å². The molecule has 4 heteroatoms. The number of nitrogens with zero attached hydrogens (tertiary/aromatic N) is 1. The van der Waals surface area contributed by atoms with Gasteiger partial charge >= 0.3 is 0 Å². The molecule has 0 aliphatic carbocycles. The highest BCUT2D eigenvalue weighted by Gasteiger charge is 2.24. The second-order valence-corrected chi connectivity index (χ2v) is 6.79. The van der Waals surface area contributed by atoms with Crippen LogP contribution in [0.4, 0.5) is 4.39 Å². The maximum absolute atomic E-state index is 13.3. The van der Waals surface area contributed by atoms with Crippen LogP contribution in [-0.4, -0.2) is 31.1 Å². The van der Waals surface area contributed by atoms with Crippen LogP contribution >= 0.6 is 15.9 Å². The van der Waals surface area contributed by atoms with Crippen molar-refractivity contribution < 1.29 is 4.39 Å². The molecule has 0 unspecified atom stereocenters. The zero-order valence-corrected chi connectivity index (χ0v) is 13.9. The van der Waals surface area contributed by atoms with Gasteiger partial charge in [0.05, 0.1) is 0 Å². The van der Waals surface area contributed by atoms with Crippen molar-refractivity contribution in [3.63, 3.8) is 0 Å². The average molecular weight is 343 g/mol. The lowest BCUT2D eigenvalue weighted by Gasteiger charge is -2.36. The first-order valence-electron chi connectivity index (χ1n) is 7.47. The average Bonchev–Trinajstić information content (AvgIpc) is 2.42. The molecule has 0 spiro atoms. The third-order valence-electron chi connectivity index (χ3n) is 3.93. The Balaban J connectivity index is 2.19. The van der Waals surface area contributed by atoms with Crippen molar-refractivity contribution in [3.8, 4) is 0 Å². The summed E-state index contributed by atoms with van der Waals surface area (Å²) in [6.07, 6.45) is 2.32. The number of hydrogen-bond donors (Lipinski definition) is 1. The maximum Gasteiger partial charge on any atom is 0.124 e. The molecule has 1 aromatic rings. The Morgan fingerprint density at radius 1 is 1.25 bits per heavy atom. The predicted molar refractivity (Wildman–Crippen MR) is 85.4 cm³/mol. The Bertz CT molecular complexity index is 430. The van der Waals surface area contributed by atoms with E-state index in [9.17, 15) is 4.39 Å². The van der Waals surface area contributed by atoms with Gasteiger partial charge in [0, 0.05) is 36.7 Å². The minimum atomic E-state index is -0.177. The van der Waals surface area contributed by atoms with Crippen molar-refractivity contribution in [2.24, 2.45) is 5.92 Å². The summed E-state index contributed by atoms with van der Waals surface area (Å²) in [5.41, 5.74) is 1.22. The van der Waals surface area contributed by atoms with Gasteiger partial charge in [-0.05, 0) is 36.5 Å². The Hall–Kier alpha value is -0.450. The molecule has 0 aromatic heterocycles. The highest BCUT2D eigenvalue weighted by molar-refractivity contribution is 9.10. The molecule has 0 radical (unpaired) electrons. The molecule has 2 rings (SSSR count). The summed E-state index contributed by atoms with van der Waals surface area (Å²) in [6, 6.07) is 5.48. The van der Waals surface area contributed by atoms with Crippen LogP contribution in [0, 0.1) is 11.7 Å². The van der Waals surface area contributed by atoms with Crippen molar-refractivity contribution in [1.29, 1.82) is 0 Å². The van der Waals surface area contributed by atoms with E-state index in [1.165, 1.54) is 12.0 Å². The molecule has 0 saturated carbocycles. The van der Waals surface area contributed by atoms with Gasteiger partial charge in [-0.3, -0.25) is 4.90 Å². The monoisotopic (exact) mass is 342 g/mol. The van der Waals surface area contributed by atoms with Crippen molar-refractivity contribution in [2.75, 3.05) is 26.2 Å². The van der Waals surface area contributed by atoms with Crippen LogP contribution in [0.3, 0.4) is 0 Å². The molecule has 1 aromatic carbocycles. The van der Waals surface area contributed by atoms with Gasteiger partial charge in [-0.15, -0.1) is 0 Å². The SMILES string of the molecule is CC(C)CC[C@H](c1ccc(F)cc1Br)N1CCNCC1. The highest BCUT2D eigenvalue weighted by Crippen LogP contribution is 2.33. The van der Waals surface area contributed by atoms with Gasteiger partial charge in [0.25, 0.3) is 0 Å². The number of halogens is 2. The van der Waals surface area contributed by atoms with Gasteiger partial charge in [-0.1, -0.05) is 35.8 Å². The smallest absolute Gasteiger partial charge is 0.124 e. The Morgan fingerprint density at radius 3 is 2.55 bits per heavy atom. The van der Waals surface area contributed by atoms with Gasteiger partial charge < -0.3 is 5.32 Å². The van der Waals surface area contributed by atoms with Crippen LogP contribution in [0.15, 0.2) is 22.7 Å². The topological polar surface area (TPSA) is 15.3 Å². The van der Waals surface area contributed by atoms with Crippen LogP contribution < -0.4 is 5.32 Å². The lowest BCUT2D eigenvalue weighted by atomic mass is 9.95. The van der Waals surface area contributed by atoms with Gasteiger partial charge in [-0.2, -0.15) is 0 Å². The third-order valence-corrected chi connectivity index (χ3v) is 4.62. The highest BCUT2D eigenvalue weighted by atomic mass is 79.9. The van der Waals surface area contributed by atoms with Gasteiger partial charge in [0.15, 0.2) is 0 Å². The quantitative estimate of drug-likeness (QED) is 0.870. The first kappa shape index (κ1) is 15.9. The molecule has 1 fully saturated rings. The van der Waals surface area contributed by atoms with Crippen molar-refractivity contribution in [3.05, 3.63) is 34.1 Å². The first-order chi connectivity index (χ1) is 9.58. The third kappa shape index (κ3) is 4.27. The summed E-state index contributed by atoms with van der Waals surface area (Å²) >= 11 is 3.54. The van der Waals surface area contributed by atoms with E-state index in [-0.39, 0.29) is 5.82 Å². The molecule has 20 heavy (non-hydrogen) atoms. The van der Waals surface area contributed by atoms with E-state index in [2.05, 4.69) is 40.0 Å². The molecule has 1 heterocycles. The number of hydrogen-bond acceptors (Lipinski definition) is 2. The normalized spacial score (nSPS) is 18.4. The predicted octanol–water partition coefficient (Wildman–Crippen LogP) is 3.97. The van der Waals surface area contributed by atoms with Gasteiger partial charge in [0.2, 0.25) is 0 Å². The second-order valence-electron chi connectivity index (χ2n) is 5.94. The van der Waals surface area contributed by atoms with E-state index in [4.69, 9.17) is 0 Å². The second kappa shape index (κ2) is 7.53. The van der Waals surface area contributed by atoms with Gasteiger partial charge in [-0.25, -0.2) is 4.39 Å². The summed E-state index contributed by atoms with van der Waals surface area (Å²) < 4.78 is 14.2. The number of nitrogens with one attached hydrogen (secondary N) is 1. The fourth-order valence-corrected chi connectivity index (χ4v) is 3.41. The van der Waals surface area contributed by atoms with Crippen molar-refractivity contribution in [1.82, 2.24) is 10.2 Å². The Morgan fingerprint density at radius 2 is 1.95 bits per heavy atom. The molecule has 112 valence electrons. The Kier molecular flexibility index (Phi) is 6.00. The van der Waals surface area contributed by atoms with E-state index in [0.717, 1.165) is 37.1 Å². The van der Waals surface area contributed by atoms with Gasteiger partial charge in [0.1, 0.15) is 5.82 Å². The van der Waals surface area contributed by atoms with Crippen molar-refractivity contribution >= 4 is 15.9 Å². The van der Waals surface area contributed by atoms with Crippen molar-refractivity contribution in [2.45, 2.75) is 32.7 Å². The molecule has 0 bridgehead atoms. The summed E-state index contributed by atoms with van der Waals surface area (Å²) in [6.45, 7) is 8.72. The van der Waals surface area contributed by atoms with Crippen LogP contribution in [-0.2, 0) is 0 Å². The summed E-state index contributed by atoms with van der Waals surface area (Å²) in [5.74, 6) is 0.517. The molecule has 0 amide bonds. The Labute approximate surface area is 129 Å². The zero-order valence-electron chi connectivity index (χ0n) is 12.3. The molecule has 1 atom stereocenters. The fourth-order valence-electron chi connectivity index (χ4n) is 2.79.